The van der Waals surface area contributed by atoms with Gasteiger partial charge in [-0.15, -0.1) is 0 Å². The molecule has 1 aromatic carbocycles. The van der Waals surface area contributed by atoms with E-state index in [2.05, 4.69) is 4.98 Å². The van der Waals surface area contributed by atoms with E-state index in [-0.39, 0.29) is 12.3 Å². The fourth-order valence-electron chi connectivity index (χ4n) is 2.05. The van der Waals surface area contributed by atoms with Crippen LogP contribution in [0, 0.1) is 10.1 Å². The van der Waals surface area contributed by atoms with Crippen LogP contribution in [0.15, 0.2) is 42.6 Å². The molecule has 0 aliphatic rings. The SMILES string of the molecule is CCOC(=O)C=Cc1ccc(-c2cc(OC)ccn2)cc1[N+](=O)[O-]. The first-order chi connectivity index (χ1) is 11.5. The maximum atomic E-state index is 11.4. The number of ether oxygens (including phenoxy) is 2. The molecule has 0 unspecified atom stereocenters. The molecule has 0 N–H and O–H groups in total. The monoisotopic (exact) mass is 328 g/mol. The van der Waals surface area contributed by atoms with E-state index in [0.29, 0.717) is 22.6 Å². The number of nitrogens with zero attached hydrogens (tertiary/aromatic N) is 2. The maximum absolute atomic E-state index is 11.4. The summed E-state index contributed by atoms with van der Waals surface area (Å²) in [6, 6.07) is 8.04. The van der Waals surface area contributed by atoms with Crippen molar-refractivity contribution in [3.05, 3.63) is 58.3 Å². The van der Waals surface area contributed by atoms with E-state index in [4.69, 9.17) is 9.47 Å². The van der Waals surface area contributed by atoms with Crippen LogP contribution in [-0.2, 0) is 9.53 Å². The second-order valence-corrected chi connectivity index (χ2v) is 4.70. The van der Waals surface area contributed by atoms with Crippen LogP contribution in [0.3, 0.4) is 0 Å². The topological polar surface area (TPSA) is 91.6 Å². The number of nitro benzene ring substituents is 1. The number of nitro groups is 1. The third-order valence-corrected chi connectivity index (χ3v) is 3.18. The van der Waals surface area contributed by atoms with E-state index in [9.17, 15) is 14.9 Å². The largest absolute Gasteiger partial charge is 0.497 e. The Balaban J connectivity index is 2.39. The summed E-state index contributed by atoms with van der Waals surface area (Å²) in [5, 5.41) is 11.3. The van der Waals surface area contributed by atoms with Crippen LogP contribution >= 0.6 is 0 Å². The lowest BCUT2D eigenvalue weighted by Crippen LogP contribution is -1.99. The summed E-state index contributed by atoms with van der Waals surface area (Å²) in [7, 11) is 1.53. The van der Waals surface area contributed by atoms with Crippen molar-refractivity contribution in [1.82, 2.24) is 4.98 Å². The molecule has 0 aliphatic heterocycles. The molecule has 7 heteroatoms. The standard InChI is InChI=1S/C17H16N2O5/c1-3-24-17(20)7-6-12-4-5-13(10-16(12)19(21)22)15-11-14(23-2)8-9-18-15/h4-11H,3H2,1-2H3. The van der Waals surface area contributed by atoms with Crippen LogP contribution in [-0.4, -0.2) is 29.6 Å². The Bertz CT molecular complexity index is 786. The van der Waals surface area contributed by atoms with Gasteiger partial charge in [-0.05, 0) is 25.1 Å². The molecule has 2 rings (SSSR count). The summed E-state index contributed by atoms with van der Waals surface area (Å²) in [4.78, 5) is 26.3. The molecular weight excluding hydrogens is 312 g/mol. The lowest BCUT2D eigenvalue weighted by atomic mass is 10.1. The second kappa shape index (κ2) is 7.87. The molecule has 0 saturated heterocycles. The number of methoxy groups -OCH3 is 1. The van der Waals surface area contributed by atoms with Gasteiger partial charge in [-0.3, -0.25) is 15.1 Å². The first-order valence-electron chi connectivity index (χ1n) is 7.19. The van der Waals surface area contributed by atoms with Gasteiger partial charge in [0.2, 0.25) is 0 Å². The van der Waals surface area contributed by atoms with Gasteiger partial charge in [-0.2, -0.15) is 0 Å². The van der Waals surface area contributed by atoms with E-state index >= 15 is 0 Å². The van der Waals surface area contributed by atoms with Crippen molar-refractivity contribution in [3.8, 4) is 17.0 Å². The summed E-state index contributed by atoms with van der Waals surface area (Å²) in [5.74, 6) is 0.0549. The molecule has 124 valence electrons. The molecule has 0 atom stereocenters. The van der Waals surface area contributed by atoms with Crippen molar-refractivity contribution in [2.45, 2.75) is 6.92 Å². The normalized spacial score (nSPS) is 10.6. The molecular formula is C17H16N2O5. The van der Waals surface area contributed by atoms with Gasteiger partial charge in [0.15, 0.2) is 0 Å². The third-order valence-electron chi connectivity index (χ3n) is 3.18. The molecule has 0 aliphatic carbocycles. The molecule has 0 saturated carbocycles. The highest BCUT2D eigenvalue weighted by Crippen LogP contribution is 2.28. The quantitative estimate of drug-likeness (QED) is 0.350. The number of carbonyl (C=O) groups is 1. The van der Waals surface area contributed by atoms with Gasteiger partial charge in [0.1, 0.15) is 5.75 Å². The van der Waals surface area contributed by atoms with Gasteiger partial charge in [0.25, 0.3) is 5.69 Å². The van der Waals surface area contributed by atoms with Crippen molar-refractivity contribution in [1.29, 1.82) is 0 Å². The molecule has 1 heterocycles. The first kappa shape index (κ1) is 17.1. The highest BCUT2D eigenvalue weighted by atomic mass is 16.6. The van der Waals surface area contributed by atoms with Crippen LogP contribution in [0.1, 0.15) is 12.5 Å². The summed E-state index contributed by atoms with van der Waals surface area (Å²) >= 11 is 0. The van der Waals surface area contributed by atoms with Crippen LogP contribution < -0.4 is 4.74 Å². The van der Waals surface area contributed by atoms with Gasteiger partial charge in [0, 0.05) is 30.0 Å². The zero-order chi connectivity index (χ0) is 17.5. The van der Waals surface area contributed by atoms with Crippen molar-refractivity contribution in [2.75, 3.05) is 13.7 Å². The van der Waals surface area contributed by atoms with Crippen LogP contribution in [0.5, 0.6) is 5.75 Å². The van der Waals surface area contributed by atoms with Crippen LogP contribution in [0.2, 0.25) is 0 Å². The Kier molecular flexibility index (Phi) is 5.62. The summed E-state index contributed by atoms with van der Waals surface area (Å²) in [6.07, 6.45) is 4.09. The average molecular weight is 328 g/mol. The number of esters is 1. The Morgan fingerprint density at radius 3 is 2.79 bits per heavy atom. The minimum atomic E-state index is -0.551. The molecule has 0 amide bonds. The second-order valence-electron chi connectivity index (χ2n) is 4.70. The molecule has 2 aromatic rings. The van der Waals surface area contributed by atoms with E-state index in [1.165, 1.54) is 19.3 Å². The number of pyridine rings is 1. The number of benzene rings is 1. The smallest absolute Gasteiger partial charge is 0.330 e. The maximum Gasteiger partial charge on any atom is 0.330 e. The van der Waals surface area contributed by atoms with Crippen LogP contribution in [0.4, 0.5) is 5.69 Å². The molecule has 1 aromatic heterocycles. The van der Waals surface area contributed by atoms with Crippen molar-refractivity contribution < 1.29 is 19.2 Å². The zero-order valence-corrected chi connectivity index (χ0v) is 13.3. The van der Waals surface area contributed by atoms with Gasteiger partial charge >= 0.3 is 5.97 Å². The van der Waals surface area contributed by atoms with Gasteiger partial charge in [-0.1, -0.05) is 6.07 Å². The minimum absolute atomic E-state index is 0.127. The number of hydrogen-bond acceptors (Lipinski definition) is 6. The van der Waals surface area contributed by atoms with Gasteiger partial charge < -0.3 is 9.47 Å². The molecule has 24 heavy (non-hydrogen) atoms. The molecule has 7 nitrogen and oxygen atoms in total. The number of aromatic nitrogens is 1. The van der Waals surface area contributed by atoms with E-state index in [1.807, 2.05) is 0 Å². The van der Waals surface area contributed by atoms with Crippen molar-refractivity contribution in [2.24, 2.45) is 0 Å². The Morgan fingerprint density at radius 2 is 2.12 bits per heavy atom. The summed E-state index contributed by atoms with van der Waals surface area (Å²) in [6.45, 7) is 1.93. The number of hydrogen-bond donors (Lipinski definition) is 0. The molecule has 0 radical (unpaired) electrons. The lowest BCUT2D eigenvalue weighted by Gasteiger charge is -2.05. The van der Waals surface area contributed by atoms with E-state index in [1.54, 1.807) is 37.4 Å². The Morgan fingerprint density at radius 1 is 1.33 bits per heavy atom. The average Bonchev–Trinajstić information content (AvgIpc) is 2.60. The van der Waals surface area contributed by atoms with Gasteiger partial charge in [0.05, 0.1) is 29.9 Å². The first-order valence-corrected chi connectivity index (χ1v) is 7.19. The highest BCUT2D eigenvalue weighted by Gasteiger charge is 2.14. The predicted octanol–water partition coefficient (Wildman–Crippen LogP) is 3.24. The van der Waals surface area contributed by atoms with E-state index in [0.717, 1.165) is 6.08 Å². The van der Waals surface area contributed by atoms with E-state index < -0.39 is 10.9 Å². The highest BCUT2D eigenvalue weighted by molar-refractivity contribution is 5.88. The zero-order valence-electron chi connectivity index (χ0n) is 13.3. The molecule has 0 fully saturated rings. The van der Waals surface area contributed by atoms with Crippen LogP contribution in [0.25, 0.3) is 17.3 Å². The predicted molar refractivity (Wildman–Crippen MR) is 88.5 cm³/mol. The Hall–Kier alpha value is -3.22. The van der Waals surface area contributed by atoms with Crippen molar-refractivity contribution >= 4 is 17.7 Å². The fourth-order valence-corrected chi connectivity index (χ4v) is 2.05. The minimum Gasteiger partial charge on any atom is -0.497 e. The number of carbonyl (C=O) groups excluding carboxylic acids is 1. The fraction of sp³-hybridized carbons (Fsp3) is 0.176. The summed E-state index contributed by atoms with van der Waals surface area (Å²) < 4.78 is 9.89. The summed E-state index contributed by atoms with van der Waals surface area (Å²) in [5.41, 5.74) is 1.31. The molecule has 0 bridgehead atoms. The van der Waals surface area contributed by atoms with Gasteiger partial charge in [-0.25, -0.2) is 4.79 Å². The molecule has 0 spiro atoms. The lowest BCUT2D eigenvalue weighted by molar-refractivity contribution is -0.385. The van der Waals surface area contributed by atoms with Crippen molar-refractivity contribution in [3.63, 3.8) is 0 Å². The Labute approximate surface area is 138 Å². The third kappa shape index (κ3) is 4.16. The number of rotatable bonds is 6.